The Balaban J connectivity index is 1.44. The zero-order valence-corrected chi connectivity index (χ0v) is 9.89. The van der Waals surface area contributed by atoms with Crippen molar-refractivity contribution in [2.45, 2.75) is 38.1 Å². The largest absolute Gasteiger partial charge is 0.313 e. The van der Waals surface area contributed by atoms with Crippen LogP contribution in [-0.4, -0.2) is 27.4 Å². The molecule has 3 rings (SSSR count). The van der Waals surface area contributed by atoms with Crippen molar-refractivity contribution < 1.29 is 0 Å². The SMILES string of the molecule is Cn1cnc(CCNC2CC3CCC2C3)n1. The molecule has 0 radical (unpaired) electrons. The molecule has 3 unspecified atom stereocenters. The molecule has 16 heavy (non-hydrogen) atoms. The zero-order valence-electron chi connectivity index (χ0n) is 9.89. The van der Waals surface area contributed by atoms with Gasteiger partial charge in [0.1, 0.15) is 6.33 Å². The van der Waals surface area contributed by atoms with Crippen LogP contribution in [0.4, 0.5) is 0 Å². The average molecular weight is 220 g/mol. The van der Waals surface area contributed by atoms with E-state index >= 15 is 0 Å². The van der Waals surface area contributed by atoms with E-state index < -0.39 is 0 Å². The Hall–Kier alpha value is -0.900. The minimum Gasteiger partial charge on any atom is -0.313 e. The highest BCUT2D eigenvalue weighted by molar-refractivity contribution is 4.94. The van der Waals surface area contributed by atoms with Crippen molar-refractivity contribution in [3.8, 4) is 0 Å². The number of rotatable bonds is 4. The highest BCUT2D eigenvalue weighted by atomic mass is 15.3. The lowest BCUT2D eigenvalue weighted by Gasteiger charge is -2.22. The molecule has 4 nitrogen and oxygen atoms in total. The molecule has 3 atom stereocenters. The molecule has 4 heteroatoms. The molecule has 1 heterocycles. The normalized spacial score (nSPS) is 32.4. The summed E-state index contributed by atoms with van der Waals surface area (Å²) < 4.78 is 1.77. The number of aryl methyl sites for hydroxylation is 1. The van der Waals surface area contributed by atoms with E-state index in [-0.39, 0.29) is 0 Å². The van der Waals surface area contributed by atoms with Crippen molar-refractivity contribution in [1.82, 2.24) is 20.1 Å². The van der Waals surface area contributed by atoms with Gasteiger partial charge in [-0.25, -0.2) is 4.98 Å². The molecule has 2 bridgehead atoms. The van der Waals surface area contributed by atoms with Gasteiger partial charge >= 0.3 is 0 Å². The summed E-state index contributed by atoms with van der Waals surface area (Å²) >= 11 is 0. The Morgan fingerprint density at radius 1 is 1.44 bits per heavy atom. The van der Waals surface area contributed by atoms with Gasteiger partial charge in [-0.3, -0.25) is 4.68 Å². The van der Waals surface area contributed by atoms with Gasteiger partial charge in [0, 0.05) is 26.1 Å². The summed E-state index contributed by atoms with van der Waals surface area (Å²) in [7, 11) is 1.92. The van der Waals surface area contributed by atoms with E-state index in [0.29, 0.717) is 0 Å². The molecule has 2 aliphatic carbocycles. The van der Waals surface area contributed by atoms with Gasteiger partial charge in [-0.15, -0.1) is 0 Å². The van der Waals surface area contributed by atoms with E-state index in [1.807, 2.05) is 7.05 Å². The molecule has 1 aromatic rings. The van der Waals surface area contributed by atoms with E-state index in [1.165, 1.54) is 25.7 Å². The van der Waals surface area contributed by atoms with Crippen LogP contribution >= 0.6 is 0 Å². The number of hydrogen-bond acceptors (Lipinski definition) is 3. The number of aromatic nitrogens is 3. The van der Waals surface area contributed by atoms with Crippen molar-refractivity contribution in [1.29, 1.82) is 0 Å². The third-order valence-corrected chi connectivity index (χ3v) is 4.14. The predicted molar refractivity (Wildman–Crippen MR) is 61.9 cm³/mol. The van der Waals surface area contributed by atoms with E-state index in [2.05, 4.69) is 15.4 Å². The van der Waals surface area contributed by atoms with Gasteiger partial charge in [0.25, 0.3) is 0 Å². The quantitative estimate of drug-likeness (QED) is 0.827. The molecule has 2 saturated carbocycles. The van der Waals surface area contributed by atoms with Gasteiger partial charge < -0.3 is 5.32 Å². The van der Waals surface area contributed by atoms with Crippen LogP contribution in [0.15, 0.2) is 6.33 Å². The summed E-state index contributed by atoms with van der Waals surface area (Å²) in [5, 5.41) is 7.97. The number of fused-ring (bicyclic) bond motifs is 2. The third kappa shape index (κ3) is 1.98. The Morgan fingerprint density at radius 3 is 3.00 bits per heavy atom. The number of nitrogens with one attached hydrogen (secondary N) is 1. The molecule has 0 aromatic carbocycles. The first-order valence-electron chi connectivity index (χ1n) is 6.39. The smallest absolute Gasteiger partial charge is 0.151 e. The van der Waals surface area contributed by atoms with Crippen molar-refractivity contribution in [3.05, 3.63) is 12.2 Å². The van der Waals surface area contributed by atoms with E-state index in [9.17, 15) is 0 Å². The second-order valence-electron chi connectivity index (χ2n) is 5.32. The maximum Gasteiger partial charge on any atom is 0.151 e. The Bertz CT molecular complexity index is 360. The van der Waals surface area contributed by atoms with Gasteiger partial charge in [-0.05, 0) is 31.1 Å². The lowest BCUT2D eigenvalue weighted by atomic mass is 9.95. The third-order valence-electron chi connectivity index (χ3n) is 4.14. The minimum atomic E-state index is 0.780. The Labute approximate surface area is 96.4 Å². The summed E-state index contributed by atoms with van der Waals surface area (Å²) in [5.74, 6) is 2.94. The van der Waals surface area contributed by atoms with Crippen molar-refractivity contribution in [2.75, 3.05) is 6.54 Å². The van der Waals surface area contributed by atoms with Crippen LogP contribution < -0.4 is 5.32 Å². The molecule has 0 amide bonds. The van der Waals surface area contributed by atoms with Crippen LogP contribution in [0, 0.1) is 11.8 Å². The lowest BCUT2D eigenvalue weighted by molar-refractivity contribution is 0.353. The Kier molecular flexibility index (Phi) is 2.67. The highest BCUT2D eigenvalue weighted by Gasteiger charge is 2.38. The maximum atomic E-state index is 4.29. The van der Waals surface area contributed by atoms with E-state index in [1.54, 1.807) is 11.0 Å². The fourth-order valence-corrected chi connectivity index (χ4v) is 3.36. The van der Waals surface area contributed by atoms with Crippen LogP contribution in [0.1, 0.15) is 31.5 Å². The Morgan fingerprint density at radius 2 is 2.38 bits per heavy atom. The molecule has 0 saturated heterocycles. The lowest BCUT2D eigenvalue weighted by Crippen LogP contribution is -2.35. The molecule has 2 fully saturated rings. The van der Waals surface area contributed by atoms with E-state index in [4.69, 9.17) is 0 Å². The van der Waals surface area contributed by atoms with Crippen molar-refractivity contribution in [2.24, 2.45) is 18.9 Å². The fraction of sp³-hybridized carbons (Fsp3) is 0.833. The maximum absolute atomic E-state index is 4.29. The molecule has 1 aromatic heterocycles. The van der Waals surface area contributed by atoms with Gasteiger partial charge in [-0.1, -0.05) is 6.42 Å². The average Bonchev–Trinajstić information content (AvgIpc) is 2.94. The summed E-state index contributed by atoms with van der Waals surface area (Å²) in [4.78, 5) is 4.24. The molecular weight excluding hydrogens is 200 g/mol. The zero-order chi connectivity index (χ0) is 11.0. The topological polar surface area (TPSA) is 42.7 Å². The number of hydrogen-bond donors (Lipinski definition) is 1. The molecule has 2 aliphatic rings. The molecule has 88 valence electrons. The van der Waals surface area contributed by atoms with Crippen LogP contribution in [0.3, 0.4) is 0 Å². The molecular formula is C12H20N4. The van der Waals surface area contributed by atoms with Crippen molar-refractivity contribution in [3.63, 3.8) is 0 Å². The minimum absolute atomic E-state index is 0.780. The monoisotopic (exact) mass is 220 g/mol. The summed E-state index contributed by atoms with van der Waals surface area (Å²) in [5.41, 5.74) is 0. The predicted octanol–water partition coefficient (Wildman–Crippen LogP) is 1.14. The molecule has 0 spiro atoms. The van der Waals surface area contributed by atoms with Crippen LogP contribution in [-0.2, 0) is 13.5 Å². The highest BCUT2D eigenvalue weighted by Crippen LogP contribution is 2.44. The first-order valence-corrected chi connectivity index (χ1v) is 6.39. The summed E-state index contributed by atoms with van der Waals surface area (Å²) in [6, 6.07) is 0.780. The number of nitrogens with zero attached hydrogens (tertiary/aromatic N) is 3. The second kappa shape index (κ2) is 4.17. The van der Waals surface area contributed by atoms with Gasteiger partial charge in [0.15, 0.2) is 5.82 Å². The van der Waals surface area contributed by atoms with Gasteiger partial charge in [0.2, 0.25) is 0 Å². The van der Waals surface area contributed by atoms with Gasteiger partial charge in [-0.2, -0.15) is 5.10 Å². The second-order valence-corrected chi connectivity index (χ2v) is 5.32. The fourth-order valence-electron chi connectivity index (χ4n) is 3.36. The summed E-state index contributed by atoms with van der Waals surface area (Å²) in [6.07, 6.45) is 8.52. The van der Waals surface area contributed by atoms with Crippen LogP contribution in [0.5, 0.6) is 0 Å². The van der Waals surface area contributed by atoms with Gasteiger partial charge in [0.05, 0.1) is 0 Å². The molecule has 0 aliphatic heterocycles. The molecule has 1 N–H and O–H groups in total. The van der Waals surface area contributed by atoms with E-state index in [0.717, 1.165) is 36.7 Å². The van der Waals surface area contributed by atoms with Crippen LogP contribution in [0.2, 0.25) is 0 Å². The first kappa shape index (κ1) is 10.3. The standard InChI is InChI=1S/C12H20N4/c1-16-8-14-12(15-16)4-5-13-11-7-9-2-3-10(11)6-9/h8-11,13H,2-7H2,1H3. The summed E-state index contributed by atoms with van der Waals surface area (Å²) in [6.45, 7) is 1.03. The van der Waals surface area contributed by atoms with Crippen LogP contribution in [0.25, 0.3) is 0 Å². The first-order chi connectivity index (χ1) is 7.81. The van der Waals surface area contributed by atoms with Crippen molar-refractivity contribution >= 4 is 0 Å².